The van der Waals surface area contributed by atoms with Gasteiger partial charge in [0.1, 0.15) is 72.4 Å². The zero-order chi connectivity index (χ0) is 79.9. The fraction of sp³-hybridized carbons (Fsp3) is 0.326. The molecule has 0 radical (unpaired) electrons. The van der Waals surface area contributed by atoms with E-state index >= 15 is 0 Å². The molecular formula is C92H92B4O18. The van der Waals surface area contributed by atoms with Crippen LogP contribution in [0.25, 0.3) is 0 Å². The van der Waals surface area contributed by atoms with Gasteiger partial charge in [-0.15, -0.1) is 0 Å². The minimum atomic E-state index is -1.24. The van der Waals surface area contributed by atoms with E-state index in [2.05, 4.69) is 0 Å². The van der Waals surface area contributed by atoms with E-state index in [1.54, 1.807) is 12.1 Å². The summed E-state index contributed by atoms with van der Waals surface area (Å²) in [6, 6.07) is 69.7. The molecule has 580 valence electrons. The lowest BCUT2D eigenvalue weighted by Crippen LogP contribution is -2.41. The van der Waals surface area contributed by atoms with Crippen molar-refractivity contribution in [2.24, 2.45) is 0 Å². The molecule has 2 spiro atoms. The molecule has 0 aliphatic carbocycles. The number of fused-ring (bicyclic) bond motifs is 12. The summed E-state index contributed by atoms with van der Waals surface area (Å²) in [5, 5.41) is 0. The normalized spacial score (nSPS) is 20.0. The molecular weight excluding hydrogens is 1440 g/mol. The fourth-order valence-corrected chi connectivity index (χ4v) is 15.5. The first-order valence-electron chi connectivity index (χ1n) is 39.0. The molecule has 0 bridgehead atoms. The zero-order valence-electron chi connectivity index (χ0n) is 67.3. The van der Waals surface area contributed by atoms with Crippen LogP contribution in [0.1, 0.15) is 187 Å². The van der Waals surface area contributed by atoms with Crippen molar-refractivity contribution < 1.29 is 84.7 Å². The van der Waals surface area contributed by atoms with Gasteiger partial charge in [-0.05, 0) is 216 Å². The summed E-state index contributed by atoms with van der Waals surface area (Å²) < 4.78 is 102. The molecule has 0 amide bonds. The summed E-state index contributed by atoms with van der Waals surface area (Å²) in [7, 11) is -1.91. The number of benzene rings is 10. The van der Waals surface area contributed by atoms with E-state index < -0.39 is 96.4 Å². The van der Waals surface area contributed by atoms with Gasteiger partial charge in [-0.3, -0.25) is 0 Å². The van der Waals surface area contributed by atoms with Crippen molar-refractivity contribution in [1.82, 2.24) is 0 Å². The van der Waals surface area contributed by atoms with Crippen molar-refractivity contribution >= 4 is 62.3 Å². The van der Waals surface area contributed by atoms with Crippen molar-refractivity contribution in [3.63, 3.8) is 0 Å². The molecule has 18 rings (SSSR count). The highest BCUT2D eigenvalue weighted by Crippen LogP contribution is 2.59. The Kier molecular flexibility index (Phi) is 18.7. The summed E-state index contributed by atoms with van der Waals surface area (Å²) in [6.07, 6.45) is 0. The minimum absolute atomic E-state index is 0.268. The fourth-order valence-electron chi connectivity index (χ4n) is 15.5. The van der Waals surface area contributed by atoms with E-state index in [9.17, 15) is 9.59 Å². The Bertz CT molecular complexity index is 5110. The third-order valence-corrected chi connectivity index (χ3v) is 25.0. The Morgan fingerprint density at radius 2 is 0.535 bits per heavy atom. The first-order valence-corrected chi connectivity index (χ1v) is 39.0. The lowest BCUT2D eigenvalue weighted by molar-refractivity contribution is 0.00578. The lowest BCUT2D eigenvalue weighted by atomic mass is 9.76. The van der Waals surface area contributed by atoms with E-state index in [4.69, 9.17) is 75.1 Å². The van der Waals surface area contributed by atoms with Gasteiger partial charge in [0.25, 0.3) is 0 Å². The van der Waals surface area contributed by atoms with Crippen molar-refractivity contribution in [1.29, 1.82) is 0 Å². The average molecular weight is 1530 g/mol. The van der Waals surface area contributed by atoms with Crippen molar-refractivity contribution in [2.75, 3.05) is 0 Å². The highest BCUT2D eigenvalue weighted by Gasteiger charge is 2.59. The topological polar surface area (TPSA) is 182 Å². The van der Waals surface area contributed by atoms with Gasteiger partial charge in [-0.25, -0.2) is 9.59 Å². The quantitative estimate of drug-likeness (QED) is 0.0657. The second-order valence-corrected chi connectivity index (χ2v) is 34.5. The van der Waals surface area contributed by atoms with Crippen LogP contribution in [0, 0.1) is 0 Å². The first kappa shape index (κ1) is 76.5. The third kappa shape index (κ3) is 13.2. The maximum atomic E-state index is 13.5. The predicted molar refractivity (Wildman–Crippen MR) is 435 cm³/mol. The molecule has 0 unspecified atom stereocenters. The van der Waals surface area contributed by atoms with Gasteiger partial charge in [-0.2, -0.15) is 0 Å². The summed E-state index contributed by atoms with van der Waals surface area (Å²) >= 11 is 0. The third-order valence-electron chi connectivity index (χ3n) is 25.0. The van der Waals surface area contributed by atoms with Gasteiger partial charge in [0.05, 0.1) is 55.9 Å². The highest BCUT2D eigenvalue weighted by molar-refractivity contribution is 6.63. The summed E-state index contributed by atoms with van der Waals surface area (Å²) in [5.41, 5.74) is 6.96. The Morgan fingerprint density at radius 3 is 0.842 bits per heavy atom. The Hall–Kier alpha value is -10.1. The van der Waals surface area contributed by atoms with E-state index in [0.717, 1.165) is 55.2 Å². The van der Waals surface area contributed by atoms with Crippen LogP contribution in [0.3, 0.4) is 0 Å². The van der Waals surface area contributed by atoms with Crippen molar-refractivity contribution in [3.8, 4) is 46.0 Å². The number of hydrogen-bond donors (Lipinski definition) is 0. The molecule has 0 aromatic heterocycles. The molecule has 10 aromatic rings. The van der Waals surface area contributed by atoms with Crippen LogP contribution in [0.15, 0.2) is 218 Å². The largest absolute Gasteiger partial charge is 0.495 e. The second-order valence-electron chi connectivity index (χ2n) is 34.5. The molecule has 8 heterocycles. The van der Waals surface area contributed by atoms with Crippen LogP contribution in [0.4, 0.5) is 0 Å². The smallest absolute Gasteiger partial charge is 0.489 e. The number of hydrogen-bond acceptors (Lipinski definition) is 18. The van der Waals surface area contributed by atoms with Crippen LogP contribution < -0.4 is 50.3 Å². The van der Waals surface area contributed by atoms with Crippen LogP contribution in [-0.4, -0.2) is 85.2 Å². The molecule has 4 saturated heterocycles. The van der Waals surface area contributed by atoms with E-state index in [1.165, 1.54) is 0 Å². The number of carbonyl (C=O) groups excluding carboxylic acids is 2. The Morgan fingerprint density at radius 1 is 0.272 bits per heavy atom. The maximum absolute atomic E-state index is 13.5. The number of rotatable bonds is 16. The summed E-state index contributed by atoms with van der Waals surface area (Å²) in [6.45, 7) is 33.9. The molecule has 0 N–H and O–H groups in total. The predicted octanol–water partition coefficient (Wildman–Crippen LogP) is 16.0. The van der Waals surface area contributed by atoms with Gasteiger partial charge < -0.3 is 75.1 Å². The number of ether oxygens (including phenoxy) is 8. The van der Waals surface area contributed by atoms with Crippen molar-refractivity contribution in [3.05, 3.63) is 285 Å². The van der Waals surface area contributed by atoms with Gasteiger partial charge in [0, 0.05) is 57.6 Å². The molecule has 8 aliphatic heterocycles. The van der Waals surface area contributed by atoms with Gasteiger partial charge in [-0.1, -0.05) is 133 Å². The summed E-state index contributed by atoms with van der Waals surface area (Å²) in [5.74, 6) is 3.65. The zero-order valence-corrected chi connectivity index (χ0v) is 67.3. The Balaban J connectivity index is 0.000000165. The molecule has 8 aliphatic rings. The number of esters is 2. The van der Waals surface area contributed by atoms with E-state index in [0.29, 0.717) is 92.6 Å². The van der Waals surface area contributed by atoms with Gasteiger partial charge in [0.2, 0.25) is 0 Å². The van der Waals surface area contributed by atoms with E-state index in [1.807, 2.05) is 317 Å². The van der Waals surface area contributed by atoms with Crippen LogP contribution in [0.5, 0.6) is 46.0 Å². The van der Waals surface area contributed by atoms with Crippen LogP contribution in [-0.2, 0) is 84.3 Å². The first-order chi connectivity index (χ1) is 54.1. The number of carbonyl (C=O) groups is 2. The molecule has 22 heteroatoms. The van der Waals surface area contributed by atoms with Crippen LogP contribution >= 0.6 is 0 Å². The lowest BCUT2D eigenvalue weighted by Gasteiger charge is -2.36. The highest BCUT2D eigenvalue weighted by atomic mass is 16.7. The molecule has 0 saturated carbocycles. The molecule has 10 aromatic carbocycles. The van der Waals surface area contributed by atoms with Gasteiger partial charge >= 0.3 is 40.4 Å². The molecule has 18 nitrogen and oxygen atoms in total. The average Bonchev–Trinajstić information content (AvgIpc) is 1.46. The van der Waals surface area contributed by atoms with Gasteiger partial charge in [0.15, 0.2) is 11.2 Å². The minimum Gasteiger partial charge on any atom is -0.489 e. The maximum Gasteiger partial charge on any atom is 0.495 e. The molecule has 114 heavy (non-hydrogen) atoms. The van der Waals surface area contributed by atoms with Crippen LogP contribution in [0.2, 0.25) is 0 Å². The standard InChI is InChI=1S/2C46H46B2O9/c1-42(2)43(3,4)55-47(54-42)37-19-13-9-15-29(37)27-50-31-21-23-35-39(25-31)52-40-26-32(22-24-36(40)46(35)34-18-12-11-17-33(34)41(49)53-46)51-28-30-16-10-14-20-38(30)48-56-44(5,6)45(7,8)57-48;1-42(2)43(3,4)55-47(54-42)31-17-13-29(14-18-31)27-50-33-21-23-37-39(25-33)52-40-26-34(22-24-38(40)46(37)36-12-10-9-11-35(36)41(49)53-46)51-28-30-15-19-32(20-16-30)48-56-44(5,6)45(7,8)57-48/h2*9-26H,27-28H2,1-8H3. The molecule has 4 fully saturated rings. The molecule has 0 atom stereocenters. The second kappa shape index (κ2) is 27.8. The Labute approximate surface area is 667 Å². The van der Waals surface area contributed by atoms with E-state index in [-0.39, 0.29) is 13.2 Å². The SMILES string of the molecule is CC1(C)OB(c2ccc(COc3ccc4c(c3)Oc3cc(OCc5ccc(B6OC(C)(C)C(C)(C)O6)cc5)ccc3C43OC(=O)c4ccccc43)cc2)OC1(C)C.CC1(C)OB(c2ccccc2COc2ccc3c(c2)Oc2cc(OCc4ccccc4B4OC(C)(C)C(C)(C)O4)ccc2C32OC(=O)c3ccccc32)OC1(C)C. The van der Waals surface area contributed by atoms with Crippen molar-refractivity contribution in [2.45, 2.75) is 193 Å². The summed E-state index contributed by atoms with van der Waals surface area (Å²) in [4.78, 5) is 26.9. The monoisotopic (exact) mass is 1530 g/mol.